The second kappa shape index (κ2) is 11.1. The number of hydrogen-bond acceptors (Lipinski definition) is 3. The van der Waals surface area contributed by atoms with Crippen LogP contribution in [0.2, 0.25) is 18.1 Å². The van der Waals surface area contributed by atoms with Crippen LogP contribution in [0.5, 0.6) is 0 Å². The number of thiophene rings is 1. The first kappa shape index (κ1) is 25.2. The highest BCUT2D eigenvalue weighted by Crippen LogP contribution is 2.41. The van der Waals surface area contributed by atoms with Gasteiger partial charge in [-0.15, -0.1) is 11.3 Å². The van der Waals surface area contributed by atoms with E-state index in [1.807, 2.05) is 11.3 Å². The van der Waals surface area contributed by atoms with Gasteiger partial charge < -0.3 is 9.53 Å². The van der Waals surface area contributed by atoms with Crippen LogP contribution in [0.3, 0.4) is 0 Å². The van der Waals surface area contributed by atoms with Crippen molar-refractivity contribution in [3.8, 4) is 0 Å². The lowest BCUT2D eigenvalue weighted by molar-refractivity contribution is 0.124. The van der Waals surface area contributed by atoms with Crippen molar-refractivity contribution in [2.24, 2.45) is 0 Å². The van der Waals surface area contributed by atoms with Gasteiger partial charge in [-0.25, -0.2) is 0 Å². The lowest BCUT2D eigenvalue weighted by Gasteiger charge is -2.40. The van der Waals surface area contributed by atoms with Gasteiger partial charge in [0, 0.05) is 22.3 Å². The molecule has 3 aromatic rings. The summed E-state index contributed by atoms with van der Waals surface area (Å²) in [5.74, 6) is 0.456. The van der Waals surface area contributed by atoms with Crippen LogP contribution >= 0.6 is 11.3 Å². The molecular weight excluding hydrogens is 428 g/mol. The third-order valence-electron chi connectivity index (χ3n) is 6.97. The summed E-state index contributed by atoms with van der Waals surface area (Å²) in [6.45, 7) is 11.7. The van der Waals surface area contributed by atoms with Crippen molar-refractivity contribution in [1.82, 2.24) is 0 Å². The number of aryl methyl sites for hydroxylation is 1. The van der Waals surface area contributed by atoms with Crippen LogP contribution in [0.25, 0.3) is 10.1 Å². The highest BCUT2D eigenvalue weighted by molar-refractivity contribution is 7.19. The summed E-state index contributed by atoms with van der Waals surface area (Å²) >= 11 is 1.93. The molecule has 0 fully saturated rings. The van der Waals surface area contributed by atoms with Crippen LogP contribution < -0.4 is 0 Å². The van der Waals surface area contributed by atoms with Gasteiger partial charge >= 0.3 is 0 Å². The average molecular weight is 469 g/mol. The predicted molar refractivity (Wildman–Crippen MR) is 142 cm³/mol. The van der Waals surface area contributed by atoms with Gasteiger partial charge in [0.25, 0.3) is 0 Å². The van der Waals surface area contributed by atoms with Gasteiger partial charge in [-0.2, -0.15) is 0 Å². The minimum Gasteiger partial charge on any atom is -0.414 e. The molecule has 0 unspecified atom stereocenters. The summed E-state index contributed by atoms with van der Waals surface area (Å²) in [5, 5.41) is 11.3. The van der Waals surface area contributed by atoms with Gasteiger partial charge in [0.15, 0.2) is 8.32 Å². The lowest BCUT2D eigenvalue weighted by atomic mass is 9.91. The summed E-state index contributed by atoms with van der Waals surface area (Å²) in [4.78, 5) is 1.46. The number of aliphatic hydroxyl groups is 1. The van der Waals surface area contributed by atoms with Gasteiger partial charge in [-0.1, -0.05) is 69.3 Å². The van der Waals surface area contributed by atoms with Crippen LogP contribution in [0, 0.1) is 0 Å². The largest absolute Gasteiger partial charge is 0.414 e. The minimum absolute atomic E-state index is 0.104. The van der Waals surface area contributed by atoms with Crippen molar-refractivity contribution >= 4 is 29.7 Å². The summed E-state index contributed by atoms with van der Waals surface area (Å²) in [6, 6.07) is 21.9. The Kier molecular flexibility index (Phi) is 8.73. The zero-order valence-corrected chi connectivity index (χ0v) is 22.3. The number of benzene rings is 2. The molecule has 2 aromatic carbocycles. The Hall–Kier alpha value is -1.46. The van der Waals surface area contributed by atoms with E-state index in [1.54, 1.807) is 0 Å². The van der Waals surface area contributed by atoms with Gasteiger partial charge in [0.05, 0.1) is 0 Å². The van der Waals surface area contributed by atoms with E-state index in [4.69, 9.17) is 4.43 Å². The van der Waals surface area contributed by atoms with Gasteiger partial charge in [0.1, 0.15) is 0 Å². The van der Waals surface area contributed by atoms with Crippen LogP contribution in [0.1, 0.15) is 62.8 Å². The fraction of sp³-hybridized carbons (Fsp3) is 0.500. The van der Waals surface area contributed by atoms with Crippen molar-refractivity contribution in [3.05, 3.63) is 71.1 Å². The normalized spacial score (nSPS) is 14.6. The molecule has 32 heavy (non-hydrogen) atoms. The summed E-state index contributed by atoms with van der Waals surface area (Å²) in [5.41, 5.74) is 1.41. The van der Waals surface area contributed by atoms with Crippen molar-refractivity contribution in [3.63, 3.8) is 0 Å². The highest BCUT2D eigenvalue weighted by atomic mass is 32.1. The van der Waals surface area contributed by atoms with Crippen LogP contribution in [-0.2, 0) is 10.8 Å². The third-order valence-corrected chi connectivity index (χ3v) is 12.8. The molecule has 0 radical (unpaired) electrons. The van der Waals surface area contributed by atoms with Crippen LogP contribution in [0.4, 0.5) is 0 Å². The molecule has 0 amide bonds. The Bertz CT molecular complexity index is 925. The molecule has 0 saturated carbocycles. The first-order valence-corrected chi connectivity index (χ1v) is 15.7. The molecule has 4 heteroatoms. The summed E-state index contributed by atoms with van der Waals surface area (Å²) < 4.78 is 8.18. The van der Waals surface area contributed by atoms with Crippen LogP contribution in [-0.4, -0.2) is 26.1 Å². The molecule has 0 aliphatic rings. The molecule has 2 nitrogen and oxygen atoms in total. The molecule has 2 atom stereocenters. The first-order chi connectivity index (χ1) is 15.2. The topological polar surface area (TPSA) is 29.5 Å². The maximum absolute atomic E-state index is 9.80. The maximum Gasteiger partial charge on any atom is 0.192 e. The second-order valence-corrected chi connectivity index (χ2v) is 16.4. The van der Waals surface area contributed by atoms with Gasteiger partial charge in [-0.3, -0.25) is 0 Å². The highest BCUT2D eigenvalue weighted by Gasteiger charge is 2.39. The number of aliphatic hydroxyl groups excluding tert-OH is 1. The van der Waals surface area contributed by atoms with E-state index in [1.165, 1.54) is 20.5 Å². The standard InChI is InChI=1S/C28H40O2SSi/c1-28(2,3)32(4,5)30-25(18-19-29)20-23(16-11-14-22-12-7-6-8-13-22)27-21-24-15-9-10-17-26(24)31-27/h6-10,12-13,15,17,21,23,25,29H,11,14,16,18-20H2,1-5H3/t23-,25-/m0/s1. The Balaban J connectivity index is 1.79. The molecule has 1 aromatic heterocycles. The van der Waals surface area contributed by atoms with E-state index in [0.717, 1.165) is 25.7 Å². The Labute approximate surface area is 199 Å². The SMILES string of the molecule is CC(C)(C)[Si](C)(C)O[C@@H](CCO)C[C@H](CCCc1ccccc1)c1cc2ccccc2s1. The molecule has 0 spiro atoms. The van der Waals surface area contributed by atoms with E-state index in [2.05, 4.69) is 94.5 Å². The first-order valence-electron chi connectivity index (χ1n) is 12.0. The molecule has 1 heterocycles. The lowest BCUT2D eigenvalue weighted by Crippen LogP contribution is -2.44. The fourth-order valence-corrected chi connectivity index (χ4v) is 6.67. The molecular formula is C28H40O2SSi. The van der Waals surface area contributed by atoms with Crippen molar-refractivity contribution in [1.29, 1.82) is 0 Å². The molecule has 0 bridgehead atoms. The zero-order chi connectivity index (χ0) is 23.2. The number of fused-ring (bicyclic) bond motifs is 1. The maximum atomic E-state index is 9.80. The van der Waals surface area contributed by atoms with Crippen molar-refractivity contribution in [2.45, 2.75) is 83.0 Å². The smallest absolute Gasteiger partial charge is 0.192 e. The zero-order valence-electron chi connectivity index (χ0n) is 20.4. The monoisotopic (exact) mass is 468 g/mol. The third kappa shape index (κ3) is 6.77. The average Bonchev–Trinajstić information content (AvgIpc) is 3.17. The minimum atomic E-state index is -1.90. The van der Waals surface area contributed by atoms with E-state index in [0.29, 0.717) is 12.3 Å². The molecule has 174 valence electrons. The fourth-order valence-electron chi connectivity index (χ4n) is 4.06. The van der Waals surface area contributed by atoms with Crippen molar-refractivity contribution in [2.75, 3.05) is 6.61 Å². The van der Waals surface area contributed by atoms with E-state index in [-0.39, 0.29) is 17.7 Å². The molecule has 0 saturated heterocycles. The van der Waals surface area contributed by atoms with Gasteiger partial charge in [-0.05, 0) is 79.2 Å². The van der Waals surface area contributed by atoms with Crippen LogP contribution in [0.15, 0.2) is 60.7 Å². The summed E-state index contributed by atoms with van der Waals surface area (Å²) in [6.07, 6.45) is 5.21. The van der Waals surface area contributed by atoms with Gasteiger partial charge in [0.2, 0.25) is 0 Å². The molecule has 1 N–H and O–H groups in total. The number of hydrogen-bond donors (Lipinski definition) is 1. The predicted octanol–water partition coefficient (Wildman–Crippen LogP) is 8.17. The number of rotatable bonds is 11. The molecule has 3 rings (SSSR count). The molecule has 0 aliphatic carbocycles. The summed E-state index contributed by atoms with van der Waals surface area (Å²) in [7, 11) is -1.90. The Morgan fingerprint density at radius 3 is 2.31 bits per heavy atom. The molecule has 0 aliphatic heterocycles. The second-order valence-electron chi connectivity index (χ2n) is 10.5. The van der Waals surface area contributed by atoms with E-state index >= 15 is 0 Å². The Morgan fingerprint density at radius 1 is 0.969 bits per heavy atom. The quantitative estimate of drug-likeness (QED) is 0.288. The van der Waals surface area contributed by atoms with E-state index < -0.39 is 8.32 Å². The van der Waals surface area contributed by atoms with Crippen molar-refractivity contribution < 1.29 is 9.53 Å². The Morgan fingerprint density at radius 2 is 1.66 bits per heavy atom. The van der Waals surface area contributed by atoms with E-state index in [9.17, 15) is 5.11 Å².